The molecule has 0 fully saturated rings. The van der Waals surface area contributed by atoms with E-state index in [1.54, 1.807) is 28.3 Å². The molecule has 18 heavy (non-hydrogen) atoms. The molecule has 5 nitrogen and oxygen atoms in total. The van der Waals surface area contributed by atoms with Crippen LogP contribution in [0.5, 0.6) is 17.2 Å². The molecule has 2 N–H and O–H groups in total. The molecule has 0 amide bonds. The van der Waals surface area contributed by atoms with Gasteiger partial charge in [0.2, 0.25) is 5.75 Å². The van der Waals surface area contributed by atoms with E-state index in [2.05, 4.69) is 5.32 Å². The van der Waals surface area contributed by atoms with Crippen molar-refractivity contribution in [3.8, 4) is 17.2 Å². The minimum absolute atomic E-state index is 0.379. The van der Waals surface area contributed by atoms with Gasteiger partial charge in [0.1, 0.15) is 0 Å². The Bertz CT molecular complexity index is 379. The molecule has 0 aliphatic carbocycles. The number of hydrogen-bond donors (Lipinski definition) is 2. The first kappa shape index (κ1) is 14.6. The summed E-state index contributed by atoms with van der Waals surface area (Å²) in [5, 5.41) is 12.3. The second kappa shape index (κ2) is 7.08. The Labute approximate surface area is 108 Å². The molecule has 1 aromatic carbocycles. The van der Waals surface area contributed by atoms with Crippen molar-refractivity contribution in [2.45, 2.75) is 19.6 Å². The van der Waals surface area contributed by atoms with Crippen LogP contribution < -0.4 is 19.5 Å². The topological polar surface area (TPSA) is 60.0 Å². The number of methoxy groups -OCH3 is 3. The van der Waals surface area contributed by atoms with Crippen molar-refractivity contribution in [2.75, 3.05) is 27.9 Å². The van der Waals surface area contributed by atoms with Crippen molar-refractivity contribution in [3.05, 3.63) is 17.7 Å². The lowest BCUT2D eigenvalue weighted by Crippen LogP contribution is -2.24. The molecule has 0 radical (unpaired) electrons. The van der Waals surface area contributed by atoms with Crippen LogP contribution in [0.2, 0.25) is 0 Å². The third kappa shape index (κ3) is 3.51. The largest absolute Gasteiger partial charge is 0.493 e. The van der Waals surface area contributed by atoms with E-state index in [1.165, 1.54) is 0 Å². The summed E-state index contributed by atoms with van der Waals surface area (Å²) in [7, 11) is 4.76. The van der Waals surface area contributed by atoms with Crippen LogP contribution in [0.1, 0.15) is 12.5 Å². The van der Waals surface area contributed by atoms with E-state index in [0.29, 0.717) is 30.3 Å². The molecule has 102 valence electrons. The highest BCUT2D eigenvalue weighted by Gasteiger charge is 2.15. The highest BCUT2D eigenvalue weighted by atomic mass is 16.5. The maximum Gasteiger partial charge on any atom is 0.203 e. The summed E-state index contributed by atoms with van der Waals surface area (Å²) in [5.74, 6) is 1.86. The first-order valence-corrected chi connectivity index (χ1v) is 5.80. The summed E-state index contributed by atoms with van der Waals surface area (Å²) >= 11 is 0. The molecule has 0 saturated heterocycles. The van der Waals surface area contributed by atoms with Crippen LogP contribution in [0.3, 0.4) is 0 Å². The molecular weight excluding hydrogens is 234 g/mol. The van der Waals surface area contributed by atoms with Gasteiger partial charge in [-0.05, 0) is 13.0 Å². The molecule has 0 unspecified atom stereocenters. The summed E-state index contributed by atoms with van der Waals surface area (Å²) in [6, 6.07) is 3.75. The number of aliphatic hydroxyl groups excluding tert-OH is 1. The molecule has 0 aliphatic rings. The maximum atomic E-state index is 9.20. The number of benzene rings is 1. The molecule has 1 atom stereocenters. The third-order valence-electron chi connectivity index (χ3n) is 2.54. The normalized spacial score (nSPS) is 12.1. The van der Waals surface area contributed by atoms with Crippen LogP contribution in [0.25, 0.3) is 0 Å². The monoisotopic (exact) mass is 255 g/mol. The molecular formula is C13H21NO4. The van der Waals surface area contributed by atoms with E-state index in [0.717, 1.165) is 5.56 Å². The van der Waals surface area contributed by atoms with Crippen molar-refractivity contribution >= 4 is 0 Å². The Morgan fingerprint density at radius 2 is 1.78 bits per heavy atom. The highest BCUT2D eigenvalue weighted by molar-refractivity contribution is 5.55. The predicted octanol–water partition coefficient (Wildman–Crippen LogP) is 1.18. The van der Waals surface area contributed by atoms with Crippen LogP contribution in [-0.4, -0.2) is 39.1 Å². The van der Waals surface area contributed by atoms with E-state index in [9.17, 15) is 5.11 Å². The predicted molar refractivity (Wildman–Crippen MR) is 69.5 cm³/mol. The zero-order valence-electron chi connectivity index (χ0n) is 11.3. The molecule has 0 aromatic heterocycles. The number of aliphatic hydroxyl groups is 1. The van der Waals surface area contributed by atoms with E-state index >= 15 is 0 Å². The summed E-state index contributed by atoms with van der Waals surface area (Å²) < 4.78 is 15.9. The molecule has 5 heteroatoms. The first-order valence-electron chi connectivity index (χ1n) is 5.80. The van der Waals surface area contributed by atoms with Gasteiger partial charge in [0.15, 0.2) is 11.5 Å². The molecule has 0 bridgehead atoms. The summed E-state index contributed by atoms with van der Waals surface area (Å²) in [6.45, 7) is 2.85. The quantitative estimate of drug-likeness (QED) is 0.766. The average molecular weight is 255 g/mol. The van der Waals surface area contributed by atoms with Gasteiger partial charge in [0, 0.05) is 18.7 Å². The SMILES string of the molecule is COc1ccc(CNC[C@@H](C)O)c(OC)c1OC. The van der Waals surface area contributed by atoms with Crippen LogP contribution in [0, 0.1) is 0 Å². The van der Waals surface area contributed by atoms with E-state index < -0.39 is 0 Å². The molecule has 0 aliphatic heterocycles. The minimum Gasteiger partial charge on any atom is -0.493 e. The third-order valence-corrected chi connectivity index (χ3v) is 2.54. The van der Waals surface area contributed by atoms with E-state index in [-0.39, 0.29) is 6.10 Å². The van der Waals surface area contributed by atoms with Crippen LogP contribution in [-0.2, 0) is 6.54 Å². The van der Waals surface area contributed by atoms with Crippen molar-refractivity contribution in [2.24, 2.45) is 0 Å². The Morgan fingerprint density at radius 1 is 1.11 bits per heavy atom. The Kier molecular flexibility index (Phi) is 5.74. The molecule has 0 heterocycles. The molecule has 0 saturated carbocycles. The van der Waals surface area contributed by atoms with Gasteiger partial charge < -0.3 is 24.6 Å². The van der Waals surface area contributed by atoms with Gasteiger partial charge in [-0.1, -0.05) is 6.07 Å². The van der Waals surface area contributed by atoms with Gasteiger partial charge in [0.25, 0.3) is 0 Å². The van der Waals surface area contributed by atoms with Crippen molar-refractivity contribution < 1.29 is 19.3 Å². The zero-order valence-corrected chi connectivity index (χ0v) is 11.3. The van der Waals surface area contributed by atoms with E-state index in [1.807, 2.05) is 12.1 Å². The van der Waals surface area contributed by atoms with E-state index in [4.69, 9.17) is 14.2 Å². The Hall–Kier alpha value is -1.46. The fourth-order valence-corrected chi connectivity index (χ4v) is 1.72. The number of hydrogen-bond acceptors (Lipinski definition) is 5. The van der Waals surface area contributed by atoms with Crippen LogP contribution in [0.15, 0.2) is 12.1 Å². The fraction of sp³-hybridized carbons (Fsp3) is 0.538. The van der Waals surface area contributed by atoms with Crippen LogP contribution >= 0.6 is 0 Å². The lowest BCUT2D eigenvalue weighted by atomic mass is 10.1. The van der Waals surface area contributed by atoms with Gasteiger partial charge in [-0.25, -0.2) is 0 Å². The van der Waals surface area contributed by atoms with Crippen molar-refractivity contribution in [1.29, 1.82) is 0 Å². The number of ether oxygens (including phenoxy) is 3. The van der Waals surface area contributed by atoms with Gasteiger partial charge >= 0.3 is 0 Å². The van der Waals surface area contributed by atoms with Gasteiger partial charge in [-0.2, -0.15) is 0 Å². The number of rotatable bonds is 7. The van der Waals surface area contributed by atoms with Crippen molar-refractivity contribution in [1.82, 2.24) is 5.32 Å². The summed E-state index contributed by atoms with van der Waals surface area (Å²) in [5.41, 5.74) is 0.954. The lowest BCUT2D eigenvalue weighted by Gasteiger charge is -2.16. The van der Waals surface area contributed by atoms with Gasteiger partial charge in [0.05, 0.1) is 27.4 Å². The van der Waals surface area contributed by atoms with Crippen molar-refractivity contribution in [3.63, 3.8) is 0 Å². The highest BCUT2D eigenvalue weighted by Crippen LogP contribution is 2.39. The Morgan fingerprint density at radius 3 is 2.28 bits per heavy atom. The Balaban J connectivity index is 2.91. The molecule has 0 spiro atoms. The maximum absolute atomic E-state index is 9.20. The molecule has 1 aromatic rings. The minimum atomic E-state index is -0.379. The molecule has 1 rings (SSSR count). The number of nitrogens with one attached hydrogen (secondary N) is 1. The second-order valence-electron chi connectivity index (χ2n) is 3.97. The summed E-state index contributed by atoms with van der Waals surface area (Å²) in [4.78, 5) is 0. The lowest BCUT2D eigenvalue weighted by molar-refractivity contribution is 0.190. The standard InChI is InChI=1S/C13H21NO4/c1-9(15)7-14-8-10-5-6-11(16-2)13(18-4)12(10)17-3/h5-6,9,14-15H,7-8H2,1-4H3/t9-/m1/s1. The van der Waals surface area contributed by atoms with Gasteiger partial charge in [-0.15, -0.1) is 0 Å². The summed E-state index contributed by atoms with van der Waals surface area (Å²) in [6.07, 6.45) is -0.379. The first-order chi connectivity index (χ1) is 8.63. The van der Waals surface area contributed by atoms with Crippen LogP contribution in [0.4, 0.5) is 0 Å². The second-order valence-corrected chi connectivity index (χ2v) is 3.97. The smallest absolute Gasteiger partial charge is 0.203 e. The van der Waals surface area contributed by atoms with Gasteiger partial charge in [-0.3, -0.25) is 0 Å². The fourth-order valence-electron chi connectivity index (χ4n) is 1.72. The average Bonchev–Trinajstić information content (AvgIpc) is 2.37. The zero-order chi connectivity index (χ0) is 13.5.